The maximum Gasteiger partial charge on any atom is 0.337 e. The Balaban J connectivity index is 1.75. The molecule has 1 saturated heterocycles. The first-order valence-electron chi connectivity index (χ1n) is 8.18. The van der Waals surface area contributed by atoms with Crippen LogP contribution in [-0.2, 0) is 9.53 Å². The van der Waals surface area contributed by atoms with Crippen molar-refractivity contribution < 1.29 is 29.3 Å². The number of hydrogen-bond acceptors (Lipinski definition) is 5. The lowest BCUT2D eigenvalue weighted by atomic mass is 10.0. The molecule has 0 radical (unpaired) electrons. The number of hydrogen-bond donors (Lipinski definition) is 4. The average molecular weight is 352 g/mol. The second kappa shape index (κ2) is 8.68. The predicted octanol–water partition coefficient (Wildman–Crippen LogP) is 1.45. The second-order valence-corrected chi connectivity index (χ2v) is 6.28. The number of aliphatic hydroxyl groups is 1. The van der Waals surface area contributed by atoms with Gasteiger partial charge in [-0.15, -0.1) is 0 Å². The first-order valence-corrected chi connectivity index (χ1v) is 8.18. The van der Waals surface area contributed by atoms with Crippen LogP contribution in [0.2, 0.25) is 0 Å². The molecule has 0 aromatic heterocycles. The molecule has 8 heteroatoms. The van der Waals surface area contributed by atoms with E-state index in [2.05, 4.69) is 10.6 Å². The lowest BCUT2D eigenvalue weighted by Gasteiger charge is -2.22. The quantitative estimate of drug-likeness (QED) is 0.590. The minimum absolute atomic E-state index is 0.402. The van der Waals surface area contributed by atoms with Gasteiger partial charge in [-0.1, -0.05) is 0 Å². The van der Waals surface area contributed by atoms with Gasteiger partial charge in [-0.3, -0.25) is 0 Å². The first-order chi connectivity index (χ1) is 11.9. The van der Waals surface area contributed by atoms with Crippen LogP contribution in [0.15, 0.2) is 24.3 Å². The zero-order valence-electron chi connectivity index (χ0n) is 14.2. The van der Waals surface area contributed by atoms with E-state index in [-0.39, 0.29) is 0 Å². The number of aliphatic carboxylic acids is 1. The molecule has 1 heterocycles. The molecule has 25 heavy (non-hydrogen) atoms. The number of rotatable bonds is 7. The highest BCUT2D eigenvalue weighted by atomic mass is 16.5. The van der Waals surface area contributed by atoms with Crippen molar-refractivity contribution in [3.63, 3.8) is 0 Å². The molecule has 0 saturated carbocycles. The molecule has 1 aromatic carbocycles. The van der Waals surface area contributed by atoms with E-state index in [9.17, 15) is 14.7 Å². The highest BCUT2D eigenvalue weighted by molar-refractivity contribution is 5.90. The molecule has 138 valence electrons. The molecular formula is C17H24N2O6. The monoisotopic (exact) mass is 352 g/mol. The van der Waals surface area contributed by atoms with Gasteiger partial charge in [0.1, 0.15) is 5.75 Å². The summed E-state index contributed by atoms with van der Waals surface area (Å²) in [6.07, 6.45) is 2.00. The second-order valence-electron chi connectivity index (χ2n) is 6.28. The summed E-state index contributed by atoms with van der Waals surface area (Å²) in [7, 11) is 0. The molecule has 2 amide bonds. The number of anilines is 1. The van der Waals surface area contributed by atoms with Gasteiger partial charge in [0.2, 0.25) is 0 Å². The number of carbonyl (C=O) groups is 2. The highest BCUT2D eigenvalue weighted by Crippen LogP contribution is 2.19. The highest BCUT2D eigenvalue weighted by Gasteiger charge is 2.30. The fraction of sp³-hybridized carbons (Fsp3) is 0.529. The number of ether oxygens (including phenoxy) is 2. The van der Waals surface area contributed by atoms with Crippen LogP contribution in [0.4, 0.5) is 10.5 Å². The normalized spacial score (nSPS) is 17.4. The molecule has 8 nitrogen and oxygen atoms in total. The Hall–Kier alpha value is -2.32. The Morgan fingerprint density at radius 3 is 2.52 bits per heavy atom. The third kappa shape index (κ3) is 6.24. The maximum atomic E-state index is 11.7. The number of carboxylic acids is 1. The van der Waals surface area contributed by atoms with Crippen LogP contribution in [-0.4, -0.2) is 54.2 Å². The van der Waals surface area contributed by atoms with Crippen LogP contribution in [0.25, 0.3) is 0 Å². The summed E-state index contributed by atoms with van der Waals surface area (Å²) in [5, 5.41) is 23.2. The predicted molar refractivity (Wildman–Crippen MR) is 90.8 cm³/mol. The van der Waals surface area contributed by atoms with Crippen LogP contribution in [0.3, 0.4) is 0 Å². The molecule has 0 bridgehead atoms. The van der Waals surface area contributed by atoms with Gasteiger partial charge in [0.05, 0.1) is 13.2 Å². The smallest absolute Gasteiger partial charge is 0.337 e. The van der Waals surface area contributed by atoms with E-state index in [1.807, 2.05) is 0 Å². The fourth-order valence-corrected chi connectivity index (χ4v) is 2.26. The van der Waals surface area contributed by atoms with Gasteiger partial charge in [-0.05, 0) is 49.9 Å². The van der Waals surface area contributed by atoms with E-state index < -0.39 is 24.1 Å². The summed E-state index contributed by atoms with van der Waals surface area (Å²) in [5.74, 6) is -0.190. The van der Waals surface area contributed by atoms with Crippen molar-refractivity contribution in [3.8, 4) is 5.75 Å². The molecular weight excluding hydrogens is 328 g/mol. The molecule has 1 fully saturated rings. The number of nitrogens with one attached hydrogen (secondary N) is 2. The summed E-state index contributed by atoms with van der Waals surface area (Å²) in [6.45, 7) is 2.91. The van der Waals surface area contributed by atoms with Crippen LogP contribution in [0, 0.1) is 5.92 Å². The van der Waals surface area contributed by atoms with Gasteiger partial charge in [0, 0.05) is 18.9 Å². The molecule has 0 aliphatic carbocycles. The minimum atomic E-state index is -2.01. The largest absolute Gasteiger partial charge is 0.493 e. The van der Waals surface area contributed by atoms with Crippen molar-refractivity contribution in [1.82, 2.24) is 5.32 Å². The first kappa shape index (κ1) is 19.0. The van der Waals surface area contributed by atoms with E-state index in [0.29, 0.717) is 24.0 Å². The topological polar surface area (TPSA) is 117 Å². The van der Waals surface area contributed by atoms with Crippen LogP contribution < -0.4 is 15.4 Å². The van der Waals surface area contributed by atoms with Crippen molar-refractivity contribution in [2.75, 3.05) is 31.7 Å². The van der Waals surface area contributed by atoms with E-state index in [0.717, 1.165) is 33.0 Å². The standard InChI is InChI=1S/C17H24N2O6/c1-17(23,15(20)21)11-18-16(22)19-13-2-4-14(5-3-13)25-10-12-6-8-24-9-7-12/h2-5,12,23H,6-11H2,1H3,(H,20,21)(H2,18,19,22). The van der Waals surface area contributed by atoms with E-state index in [4.69, 9.17) is 14.6 Å². The van der Waals surface area contributed by atoms with E-state index in [1.54, 1.807) is 24.3 Å². The third-order valence-corrected chi connectivity index (χ3v) is 3.99. The van der Waals surface area contributed by atoms with Crippen LogP contribution in [0.5, 0.6) is 5.75 Å². The Morgan fingerprint density at radius 2 is 1.92 bits per heavy atom. The van der Waals surface area contributed by atoms with Crippen LogP contribution in [0.1, 0.15) is 19.8 Å². The molecule has 2 rings (SSSR count). The van der Waals surface area contributed by atoms with E-state index >= 15 is 0 Å². The molecule has 1 aliphatic rings. The Kier molecular flexibility index (Phi) is 6.60. The summed E-state index contributed by atoms with van der Waals surface area (Å²) >= 11 is 0. The van der Waals surface area contributed by atoms with Gasteiger partial charge in [-0.2, -0.15) is 0 Å². The number of carbonyl (C=O) groups excluding carboxylic acids is 1. The third-order valence-electron chi connectivity index (χ3n) is 3.99. The van der Waals surface area contributed by atoms with Gasteiger partial charge < -0.3 is 30.3 Å². The number of benzene rings is 1. The molecule has 0 spiro atoms. The van der Waals surface area contributed by atoms with Crippen molar-refractivity contribution in [2.24, 2.45) is 5.92 Å². The summed E-state index contributed by atoms with van der Waals surface area (Å²) in [5.41, 5.74) is -1.48. The molecule has 4 N–H and O–H groups in total. The number of urea groups is 1. The summed E-state index contributed by atoms with van der Waals surface area (Å²) in [4.78, 5) is 22.5. The SMILES string of the molecule is CC(O)(CNC(=O)Nc1ccc(OCC2CCOCC2)cc1)C(=O)O. The molecule has 1 unspecified atom stereocenters. The van der Waals surface area contributed by atoms with Crippen molar-refractivity contribution in [2.45, 2.75) is 25.4 Å². The molecule has 1 aliphatic heterocycles. The van der Waals surface area contributed by atoms with Gasteiger partial charge >= 0.3 is 12.0 Å². The van der Waals surface area contributed by atoms with Crippen molar-refractivity contribution in [3.05, 3.63) is 24.3 Å². The zero-order chi connectivity index (χ0) is 18.3. The van der Waals surface area contributed by atoms with Gasteiger partial charge in [-0.25, -0.2) is 9.59 Å². The number of amides is 2. The van der Waals surface area contributed by atoms with Gasteiger partial charge in [0.15, 0.2) is 5.60 Å². The van der Waals surface area contributed by atoms with Crippen LogP contribution >= 0.6 is 0 Å². The Labute approximate surface area is 146 Å². The van der Waals surface area contributed by atoms with Crippen molar-refractivity contribution >= 4 is 17.7 Å². The average Bonchev–Trinajstić information content (AvgIpc) is 2.60. The molecule has 1 atom stereocenters. The number of carboxylic acid groups (broad SMARTS) is 1. The summed E-state index contributed by atoms with van der Waals surface area (Å²) < 4.78 is 11.1. The fourth-order valence-electron chi connectivity index (χ4n) is 2.26. The lowest BCUT2D eigenvalue weighted by Crippen LogP contribution is -2.47. The Morgan fingerprint density at radius 1 is 1.28 bits per heavy atom. The van der Waals surface area contributed by atoms with Gasteiger partial charge in [0.25, 0.3) is 0 Å². The minimum Gasteiger partial charge on any atom is -0.493 e. The Bertz CT molecular complexity index is 581. The summed E-state index contributed by atoms with van der Waals surface area (Å²) in [6, 6.07) is 6.28. The molecule has 1 aromatic rings. The lowest BCUT2D eigenvalue weighted by molar-refractivity contribution is -0.155. The van der Waals surface area contributed by atoms with E-state index in [1.165, 1.54) is 0 Å². The maximum absolute atomic E-state index is 11.7. The van der Waals surface area contributed by atoms with Crippen molar-refractivity contribution in [1.29, 1.82) is 0 Å². The zero-order valence-corrected chi connectivity index (χ0v) is 14.2.